The fourth-order valence-corrected chi connectivity index (χ4v) is 2.28. The van der Waals surface area contributed by atoms with Crippen LogP contribution in [0, 0.1) is 5.82 Å². The Hall–Kier alpha value is -1.58. The summed E-state index contributed by atoms with van der Waals surface area (Å²) >= 11 is 5.80. The van der Waals surface area contributed by atoms with Crippen LogP contribution in [-0.4, -0.2) is 5.11 Å². The number of hydrogen-bond donors (Lipinski definition) is 2. The molecule has 0 aliphatic heterocycles. The third kappa shape index (κ3) is 3.30. The van der Waals surface area contributed by atoms with Crippen molar-refractivity contribution in [2.45, 2.75) is 26.0 Å². The van der Waals surface area contributed by atoms with Crippen molar-refractivity contribution in [3.63, 3.8) is 0 Å². The summed E-state index contributed by atoms with van der Waals surface area (Å²) in [6.07, 6.45) is -0.553. The summed E-state index contributed by atoms with van der Waals surface area (Å²) in [5.74, 6) is -0.424. The number of aliphatic hydroxyl groups is 1. The van der Waals surface area contributed by atoms with Gasteiger partial charge in [0.15, 0.2) is 0 Å². The molecule has 0 radical (unpaired) electrons. The van der Waals surface area contributed by atoms with E-state index in [0.717, 1.165) is 16.8 Å². The lowest BCUT2D eigenvalue weighted by molar-refractivity contribution is 0.200. The molecule has 0 bridgehead atoms. The quantitative estimate of drug-likeness (QED) is 0.856. The second-order valence-corrected chi connectivity index (χ2v) is 5.21. The third-order valence-electron chi connectivity index (χ3n) is 3.23. The predicted molar refractivity (Wildman–Crippen MR) is 80.5 cm³/mol. The van der Waals surface area contributed by atoms with E-state index < -0.39 is 11.9 Å². The molecule has 0 saturated carbocycles. The molecule has 2 aromatic carbocycles. The Kier molecular flexibility index (Phi) is 4.63. The van der Waals surface area contributed by atoms with Gasteiger partial charge in [-0.15, -0.1) is 0 Å². The average Bonchev–Trinajstić information content (AvgIpc) is 2.42. The van der Waals surface area contributed by atoms with Gasteiger partial charge in [-0.05, 0) is 37.6 Å². The molecule has 2 nitrogen and oxygen atoms in total. The second kappa shape index (κ2) is 6.25. The van der Waals surface area contributed by atoms with Crippen LogP contribution >= 0.6 is 11.6 Å². The summed E-state index contributed by atoms with van der Waals surface area (Å²) < 4.78 is 13.2. The third-order valence-corrected chi connectivity index (χ3v) is 3.52. The number of anilines is 1. The van der Waals surface area contributed by atoms with Gasteiger partial charge in [-0.1, -0.05) is 35.9 Å². The molecule has 0 aliphatic rings. The summed E-state index contributed by atoms with van der Waals surface area (Å²) in [6.45, 7) is 3.68. The summed E-state index contributed by atoms with van der Waals surface area (Å²) in [4.78, 5) is 0. The van der Waals surface area contributed by atoms with Crippen LogP contribution in [0.15, 0.2) is 42.5 Å². The molecule has 2 N–H and O–H groups in total. The van der Waals surface area contributed by atoms with Gasteiger partial charge in [0.2, 0.25) is 0 Å². The highest BCUT2D eigenvalue weighted by Crippen LogP contribution is 2.28. The Morgan fingerprint density at radius 1 is 1.15 bits per heavy atom. The lowest BCUT2D eigenvalue weighted by atomic mass is 10.0. The average molecular weight is 294 g/mol. The highest BCUT2D eigenvalue weighted by molar-refractivity contribution is 6.30. The number of hydrogen-bond acceptors (Lipinski definition) is 2. The highest BCUT2D eigenvalue weighted by atomic mass is 35.5. The minimum atomic E-state index is -0.553. The van der Waals surface area contributed by atoms with Crippen molar-refractivity contribution >= 4 is 17.3 Å². The van der Waals surface area contributed by atoms with Gasteiger partial charge in [0.1, 0.15) is 5.82 Å². The normalized spacial score (nSPS) is 13.8. The predicted octanol–water partition coefficient (Wildman–Crippen LogP) is 4.71. The van der Waals surface area contributed by atoms with Crippen molar-refractivity contribution < 1.29 is 9.50 Å². The van der Waals surface area contributed by atoms with Crippen LogP contribution in [0.25, 0.3) is 0 Å². The monoisotopic (exact) mass is 293 g/mol. The standard InChI is InChI=1S/C16H17ClFNO/c1-10(12-7-8-15(18)14(17)9-12)19-16-6-4-3-5-13(16)11(2)20/h3-11,19-20H,1-2H3. The Bertz CT molecular complexity index is 601. The van der Waals surface area contributed by atoms with Crippen LogP contribution in [-0.2, 0) is 0 Å². The fourth-order valence-electron chi connectivity index (χ4n) is 2.09. The van der Waals surface area contributed by atoms with E-state index in [-0.39, 0.29) is 11.1 Å². The Morgan fingerprint density at radius 2 is 1.85 bits per heavy atom. The Labute approximate surface area is 123 Å². The van der Waals surface area contributed by atoms with Gasteiger partial charge in [-0.2, -0.15) is 0 Å². The minimum absolute atomic E-state index is 0.0481. The molecule has 106 valence electrons. The molecule has 0 aliphatic carbocycles. The van der Waals surface area contributed by atoms with Gasteiger partial charge in [0.25, 0.3) is 0 Å². The maximum absolute atomic E-state index is 13.2. The largest absolute Gasteiger partial charge is 0.389 e. The van der Waals surface area contributed by atoms with Crippen LogP contribution in [0.4, 0.5) is 10.1 Å². The first-order valence-electron chi connectivity index (χ1n) is 6.47. The Morgan fingerprint density at radius 3 is 2.50 bits per heavy atom. The number of rotatable bonds is 4. The molecular weight excluding hydrogens is 277 g/mol. The van der Waals surface area contributed by atoms with Crippen molar-refractivity contribution in [3.05, 3.63) is 64.4 Å². The molecule has 0 heterocycles. The van der Waals surface area contributed by atoms with Crippen molar-refractivity contribution in [2.75, 3.05) is 5.32 Å². The molecule has 2 atom stereocenters. The molecule has 0 spiro atoms. The first-order chi connectivity index (χ1) is 9.49. The van der Waals surface area contributed by atoms with E-state index >= 15 is 0 Å². The van der Waals surface area contributed by atoms with Gasteiger partial charge < -0.3 is 10.4 Å². The molecular formula is C16H17ClFNO. The second-order valence-electron chi connectivity index (χ2n) is 4.80. The topological polar surface area (TPSA) is 32.3 Å². The molecule has 2 rings (SSSR count). The summed E-state index contributed by atoms with van der Waals surface area (Å²) in [6, 6.07) is 12.2. The van der Waals surface area contributed by atoms with Crippen molar-refractivity contribution in [1.29, 1.82) is 0 Å². The molecule has 4 heteroatoms. The molecule has 20 heavy (non-hydrogen) atoms. The van der Waals surface area contributed by atoms with E-state index in [0.29, 0.717) is 0 Å². The van der Waals surface area contributed by atoms with Gasteiger partial charge in [-0.25, -0.2) is 4.39 Å². The zero-order chi connectivity index (χ0) is 14.7. The Balaban J connectivity index is 2.23. The van der Waals surface area contributed by atoms with E-state index in [4.69, 9.17) is 11.6 Å². The summed E-state index contributed by atoms with van der Waals surface area (Å²) in [5, 5.41) is 13.2. The number of para-hydroxylation sites is 1. The van der Waals surface area contributed by atoms with Gasteiger partial charge in [0.05, 0.1) is 11.1 Å². The van der Waals surface area contributed by atoms with Crippen LogP contribution in [0.3, 0.4) is 0 Å². The molecule has 0 saturated heterocycles. The SMILES string of the molecule is CC(O)c1ccccc1NC(C)c1ccc(F)c(Cl)c1. The number of benzene rings is 2. The van der Waals surface area contributed by atoms with Gasteiger partial charge in [-0.3, -0.25) is 0 Å². The smallest absolute Gasteiger partial charge is 0.141 e. The number of halogens is 2. The van der Waals surface area contributed by atoms with Crippen molar-refractivity contribution in [2.24, 2.45) is 0 Å². The maximum atomic E-state index is 13.2. The fraction of sp³-hybridized carbons (Fsp3) is 0.250. The first kappa shape index (κ1) is 14.8. The van der Waals surface area contributed by atoms with Crippen LogP contribution in [0.1, 0.15) is 37.1 Å². The molecule has 0 fully saturated rings. The van der Waals surface area contributed by atoms with Crippen molar-refractivity contribution in [3.8, 4) is 0 Å². The van der Waals surface area contributed by atoms with E-state index in [2.05, 4.69) is 5.32 Å². The van der Waals surface area contributed by atoms with Crippen LogP contribution in [0.2, 0.25) is 5.02 Å². The van der Waals surface area contributed by atoms with E-state index in [1.54, 1.807) is 19.1 Å². The number of nitrogens with one attached hydrogen (secondary N) is 1. The molecule has 0 amide bonds. The van der Waals surface area contributed by atoms with Crippen LogP contribution < -0.4 is 5.32 Å². The molecule has 2 unspecified atom stereocenters. The molecule has 0 aromatic heterocycles. The van der Waals surface area contributed by atoms with Crippen LogP contribution in [0.5, 0.6) is 0 Å². The van der Waals surface area contributed by atoms with E-state index in [9.17, 15) is 9.50 Å². The number of aliphatic hydroxyl groups excluding tert-OH is 1. The maximum Gasteiger partial charge on any atom is 0.141 e. The van der Waals surface area contributed by atoms with E-state index in [1.807, 2.05) is 31.2 Å². The lowest BCUT2D eigenvalue weighted by Crippen LogP contribution is -2.09. The molecule has 2 aromatic rings. The zero-order valence-electron chi connectivity index (χ0n) is 11.4. The first-order valence-corrected chi connectivity index (χ1v) is 6.85. The van der Waals surface area contributed by atoms with Gasteiger partial charge >= 0.3 is 0 Å². The lowest BCUT2D eigenvalue weighted by Gasteiger charge is -2.20. The summed E-state index contributed by atoms with van der Waals surface area (Å²) in [7, 11) is 0. The van der Waals surface area contributed by atoms with E-state index in [1.165, 1.54) is 6.07 Å². The highest BCUT2D eigenvalue weighted by Gasteiger charge is 2.12. The zero-order valence-corrected chi connectivity index (χ0v) is 12.2. The summed E-state index contributed by atoms with van der Waals surface area (Å²) in [5.41, 5.74) is 2.57. The minimum Gasteiger partial charge on any atom is -0.389 e. The van der Waals surface area contributed by atoms with Gasteiger partial charge in [0, 0.05) is 17.3 Å². The van der Waals surface area contributed by atoms with Crippen molar-refractivity contribution in [1.82, 2.24) is 0 Å².